The van der Waals surface area contributed by atoms with E-state index in [2.05, 4.69) is 15.9 Å². The molecule has 0 aliphatic rings. The topological polar surface area (TPSA) is 20.3 Å². The Hall–Kier alpha value is -0.900. The molecule has 4 heteroatoms. The van der Waals surface area contributed by atoms with Crippen molar-refractivity contribution in [3.05, 3.63) is 30.1 Å². The van der Waals surface area contributed by atoms with Gasteiger partial charge in [0.1, 0.15) is 5.82 Å². The Morgan fingerprint density at radius 3 is 2.69 bits per heavy atom. The van der Waals surface area contributed by atoms with Crippen LogP contribution in [0.5, 0.6) is 0 Å². The van der Waals surface area contributed by atoms with Gasteiger partial charge >= 0.3 is 0 Å². The maximum absolute atomic E-state index is 13.1. The fourth-order valence-electron chi connectivity index (χ4n) is 0.948. The molecule has 0 aliphatic heterocycles. The molecule has 0 radical (unpaired) electrons. The normalized spacial score (nSPS) is 9.77. The minimum absolute atomic E-state index is 0.176. The highest BCUT2D eigenvalue weighted by Crippen LogP contribution is 2.17. The van der Waals surface area contributed by atoms with Crippen LogP contribution in [-0.2, 0) is 4.79 Å². The lowest BCUT2D eigenvalue weighted by Gasteiger charge is -2.16. The van der Waals surface area contributed by atoms with Gasteiger partial charge in [-0.25, -0.2) is 4.39 Å². The fraction of sp³-hybridized carbons (Fsp3) is 0.222. The van der Waals surface area contributed by atoms with Gasteiger partial charge < -0.3 is 4.90 Å². The van der Waals surface area contributed by atoms with Gasteiger partial charge in [-0.1, -0.05) is 28.1 Å². The summed E-state index contributed by atoms with van der Waals surface area (Å²) in [4.78, 5) is 12.5. The van der Waals surface area contributed by atoms with Crippen LogP contribution in [0.3, 0.4) is 0 Å². The average Bonchev–Trinajstić information content (AvgIpc) is 2.16. The first kappa shape index (κ1) is 10.2. The molecule has 70 valence electrons. The van der Waals surface area contributed by atoms with Gasteiger partial charge in [0.05, 0.1) is 11.0 Å². The predicted octanol–water partition coefficient (Wildman–Crippen LogP) is 2.18. The van der Waals surface area contributed by atoms with Crippen molar-refractivity contribution in [1.29, 1.82) is 0 Å². The number of benzene rings is 1. The third-order valence-electron chi connectivity index (χ3n) is 1.70. The van der Waals surface area contributed by atoms with Gasteiger partial charge in [-0.05, 0) is 12.1 Å². The Balaban J connectivity index is 2.95. The van der Waals surface area contributed by atoms with E-state index in [0.717, 1.165) is 0 Å². The van der Waals surface area contributed by atoms with Crippen LogP contribution >= 0.6 is 15.9 Å². The van der Waals surface area contributed by atoms with Gasteiger partial charge in [0.2, 0.25) is 5.91 Å². The number of amides is 1. The van der Waals surface area contributed by atoms with Gasteiger partial charge in [0.15, 0.2) is 0 Å². The molecular formula is C9H9BrFNO. The number of alkyl halides is 1. The molecule has 1 aromatic rings. The second-order valence-corrected chi connectivity index (χ2v) is 3.10. The summed E-state index contributed by atoms with van der Waals surface area (Å²) < 4.78 is 13.1. The van der Waals surface area contributed by atoms with E-state index in [0.29, 0.717) is 5.69 Å². The van der Waals surface area contributed by atoms with Crippen molar-refractivity contribution in [2.45, 2.75) is 0 Å². The molecule has 0 aromatic heterocycles. The molecule has 0 saturated carbocycles. The van der Waals surface area contributed by atoms with E-state index in [9.17, 15) is 9.18 Å². The molecule has 13 heavy (non-hydrogen) atoms. The average molecular weight is 246 g/mol. The number of hydrogen-bond donors (Lipinski definition) is 0. The Morgan fingerprint density at radius 2 is 2.15 bits per heavy atom. The molecule has 0 N–H and O–H groups in total. The van der Waals surface area contributed by atoms with Crippen LogP contribution in [0.2, 0.25) is 0 Å². The fourth-order valence-corrected chi connectivity index (χ4v) is 1.32. The van der Waals surface area contributed by atoms with Gasteiger partial charge in [0.25, 0.3) is 0 Å². The van der Waals surface area contributed by atoms with E-state index in [4.69, 9.17) is 0 Å². The number of anilines is 1. The van der Waals surface area contributed by atoms with E-state index >= 15 is 0 Å². The van der Waals surface area contributed by atoms with Gasteiger partial charge in [0, 0.05) is 7.05 Å². The summed E-state index contributed by atoms with van der Waals surface area (Å²) in [6.45, 7) is 0. The molecule has 1 amide bonds. The van der Waals surface area contributed by atoms with Gasteiger partial charge in [-0.2, -0.15) is 0 Å². The molecule has 0 aliphatic carbocycles. The summed E-state index contributed by atoms with van der Waals surface area (Å²) >= 11 is 3.02. The molecule has 0 spiro atoms. The number of halogens is 2. The number of rotatable bonds is 2. The number of carbonyl (C=O) groups excluding carboxylic acids is 1. The van der Waals surface area contributed by atoms with Crippen LogP contribution in [0, 0.1) is 5.82 Å². The third-order valence-corrected chi connectivity index (χ3v) is 2.18. The zero-order chi connectivity index (χ0) is 9.84. The first-order valence-corrected chi connectivity index (χ1v) is 4.86. The van der Waals surface area contributed by atoms with E-state index in [1.807, 2.05) is 0 Å². The summed E-state index contributed by atoms with van der Waals surface area (Å²) in [5.74, 6) is -0.565. The van der Waals surface area contributed by atoms with Crippen molar-refractivity contribution in [2.24, 2.45) is 0 Å². The number of carbonyl (C=O) groups is 1. The highest BCUT2D eigenvalue weighted by Gasteiger charge is 2.12. The maximum Gasteiger partial charge on any atom is 0.237 e. The van der Waals surface area contributed by atoms with E-state index in [-0.39, 0.29) is 17.1 Å². The van der Waals surface area contributed by atoms with Gasteiger partial charge in [-0.15, -0.1) is 0 Å². The van der Waals surface area contributed by atoms with E-state index in [1.54, 1.807) is 25.2 Å². The summed E-state index contributed by atoms with van der Waals surface area (Å²) in [5, 5.41) is 0.192. The van der Waals surface area contributed by atoms with Crippen LogP contribution in [-0.4, -0.2) is 18.3 Å². The second-order valence-electron chi connectivity index (χ2n) is 2.54. The van der Waals surface area contributed by atoms with Gasteiger partial charge in [-0.3, -0.25) is 4.79 Å². The van der Waals surface area contributed by atoms with Crippen molar-refractivity contribution in [1.82, 2.24) is 0 Å². The molecule has 0 saturated heterocycles. The molecule has 0 atom stereocenters. The zero-order valence-electron chi connectivity index (χ0n) is 7.13. The minimum atomic E-state index is -0.390. The summed E-state index contributed by atoms with van der Waals surface area (Å²) in [6.07, 6.45) is 0. The van der Waals surface area contributed by atoms with Crippen LogP contribution in [0.15, 0.2) is 24.3 Å². The molecule has 1 rings (SSSR count). The zero-order valence-corrected chi connectivity index (χ0v) is 8.71. The highest BCUT2D eigenvalue weighted by molar-refractivity contribution is 9.09. The molecule has 0 heterocycles. The predicted molar refractivity (Wildman–Crippen MR) is 53.6 cm³/mol. The van der Waals surface area contributed by atoms with Crippen LogP contribution < -0.4 is 4.90 Å². The molecular weight excluding hydrogens is 237 g/mol. The van der Waals surface area contributed by atoms with Crippen LogP contribution in [0.25, 0.3) is 0 Å². The number of hydrogen-bond acceptors (Lipinski definition) is 1. The van der Waals surface area contributed by atoms with Crippen LogP contribution in [0.4, 0.5) is 10.1 Å². The molecule has 0 bridgehead atoms. The Labute approximate surface area is 84.5 Å². The first-order valence-electron chi connectivity index (χ1n) is 3.74. The Morgan fingerprint density at radius 1 is 1.54 bits per heavy atom. The molecule has 0 fully saturated rings. The quantitative estimate of drug-likeness (QED) is 0.732. The number of para-hydroxylation sites is 1. The lowest BCUT2D eigenvalue weighted by molar-refractivity contribution is -0.115. The SMILES string of the molecule is CN(C(=O)CBr)c1ccccc1F. The van der Waals surface area contributed by atoms with Crippen molar-refractivity contribution in [3.63, 3.8) is 0 Å². The van der Waals surface area contributed by atoms with Crippen molar-refractivity contribution >= 4 is 27.5 Å². The smallest absolute Gasteiger partial charge is 0.237 e. The molecule has 1 aromatic carbocycles. The van der Waals surface area contributed by atoms with E-state index < -0.39 is 0 Å². The summed E-state index contributed by atoms with van der Waals surface area (Å²) in [6, 6.07) is 6.17. The van der Waals surface area contributed by atoms with E-state index in [1.165, 1.54) is 11.0 Å². The standard InChI is InChI=1S/C9H9BrFNO/c1-12(9(13)6-10)8-5-3-2-4-7(8)11/h2-5H,6H2,1H3. The lowest BCUT2D eigenvalue weighted by Crippen LogP contribution is -2.27. The summed E-state index contributed by atoms with van der Waals surface area (Å²) in [5.41, 5.74) is 0.298. The Kier molecular flexibility index (Phi) is 3.42. The van der Waals surface area contributed by atoms with Crippen molar-refractivity contribution < 1.29 is 9.18 Å². The highest BCUT2D eigenvalue weighted by atomic mass is 79.9. The molecule has 0 unspecified atom stereocenters. The van der Waals surface area contributed by atoms with Crippen LogP contribution in [0.1, 0.15) is 0 Å². The van der Waals surface area contributed by atoms with Crippen molar-refractivity contribution in [2.75, 3.05) is 17.3 Å². The number of nitrogens with zero attached hydrogens (tertiary/aromatic N) is 1. The minimum Gasteiger partial charge on any atom is -0.312 e. The lowest BCUT2D eigenvalue weighted by atomic mass is 10.3. The summed E-state index contributed by atoms with van der Waals surface area (Å²) in [7, 11) is 1.54. The maximum atomic E-state index is 13.1. The largest absolute Gasteiger partial charge is 0.312 e. The van der Waals surface area contributed by atoms with Crippen molar-refractivity contribution in [3.8, 4) is 0 Å². The molecule has 2 nitrogen and oxygen atoms in total. The Bertz CT molecular complexity index is 316. The first-order chi connectivity index (χ1) is 6.16. The monoisotopic (exact) mass is 245 g/mol. The third kappa shape index (κ3) is 2.28. The second kappa shape index (κ2) is 4.37.